The molecule has 2 rings (SSSR count). The zero-order valence-corrected chi connectivity index (χ0v) is 11.6. The van der Waals surface area contributed by atoms with Gasteiger partial charge in [0.15, 0.2) is 4.84 Å². The number of ether oxygens (including phenoxy) is 1. The first-order valence-electron chi connectivity index (χ1n) is 6.31. The van der Waals surface area contributed by atoms with Crippen LogP contribution in [0.15, 0.2) is 0 Å². The number of alkyl halides is 2. The highest BCUT2D eigenvalue weighted by atomic mass is 35.5. The molecule has 1 saturated carbocycles. The maximum absolute atomic E-state index is 12.1. The van der Waals surface area contributed by atoms with Crippen molar-refractivity contribution in [3.63, 3.8) is 0 Å². The lowest BCUT2D eigenvalue weighted by Crippen LogP contribution is -2.62. The molecule has 3 nitrogen and oxygen atoms in total. The van der Waals surface area contributed by atoms with Gasteiger partial charge >= 0.3 is 0 Å². The van der Waals surface area contributed by atoms with Crippen LogP contribution in [0.3, 0.4) is 0 Å². The van der Waals surface area contributed by atoms with Crippen LogP contribution in [0.2, 0.25) is 0 Å². The molecule has 2 fully saturated rings. The third kappa shape index (κ3) is 2.42. The van der Waals surface area contributed by atoms with E-state index in [1.807, 2.05) is 0 Å². The number of carbonyl (C=O) groups is 1. The molecule has 1 aliphatic heterocycles. The van der Waals surface area contributed by atoms with Crippen molar-refractivity contribution >= 4 is 29.1 Å². The van der Waals surface area contributed by atoms with Crippen LogP contribution in [0.4, 0.5) is 0 Å². The van der Waals surface area contributed by atoms with Crippen molar-refractivity contribution in [3.05, 3.63) is 0 Å². The van der Waals surface area contributed by atoms with Crippen LogP contribution in [0, 0.1) is 5.92 Å². The second-order valence-electron chi connectivity index (χ2n) is 4.98. The number of amides is 1. The van der Waals surface area contributed by atoms with Crippen LogP contribution >= 0.6 is 23.2 Å². The van der Waals surface area contributed by atoms with Gasteiger partial charge in [0.05, 0.1) is 6.61 Å². The van der Waals surface area contributed by atoms with Crippen molar-refractivity contribution in [2.24, 2.45) is 5.92 Å². The number of hydrogen-bond donors (Lipinski definition) is 0. The molecular formula is C12H19Cl2NO2. The molecule has 1 amide bonds. The molecule has 1 heterocycles. The van der Waals surface area contributed by atoms with E-state index in [0.717, 1.165) is 32.3 Å². The summed E-state index contributed by atoms with van der Waals surface area (Å²) < 4.78 is 5.99. The van der Waals surface area contributed by atoms with Crippen molar-refractivity contribution in [1.29, 1.82) is 0 Å². The molecule has 1 saturated heterocycles. The summed E-state index contributed by atoms with van der Waals surface area (Å²) in [4.78, 5) is 12.9. The predicted molar refractivity (Wildman–Crippen MR) is 68.1 cm³/mol. The van der Waals surface area contributed by atoms with Crippen molar-refractivity contribution < 1.29 is 9.53 Å². The third-order valence-corrected chi connectivity index (χ3v) is 4.35. The van der Waals surface area contributed by atoms with Gasteiger partial charge in [-0.2, -0.15) is 0 Å². The lowest BCUT2D eigenvalue weighted by atomic mass is 9.80. The van der Waals surface area contributed by atoms with Crippen LogP contribution in [-0.2, 0) is 9.53 Å². The summed E-state index contributed by atoms with van der Waals surface area (Å²) in [5, 5.41) is 0. The molecule has 0 radical (unpaired) electrons. The molecule has 17 heavy (non-hydrogen) atoms. The number of rotatable bonds is 1. The summed E-state index contributed by atoms with van der Waals surface area (Å²) in [5.74, 6) is 0.148. The summed E-state index contributed by atoms with van der Waals surface area (Å²) in [6, 6.07) is 0. The first kappa shape index (κ1) is 13.4. The fourth-order valence-electron chi connectivity index (χ4n) is 3.07. The molecular weight excluding hydrogens is 261 g/mol. The SMILES string of the molecule is CC1CCCCC12OCCCN2C(=O)C(Cl)Cl. The molecule has 0 aromatic carbocycles. The maximum atomic E-state index is 12.1. The predicted octanol–water partition coefficient (Wildman–Crippen LogP) is 2.95. The molecule has 98 valence electrons. The fourth-order valence-corrected chi connectivity index (χ4v) is 3.31. The van der Waals surface area contributed by atoms with E-state index in [1.54, 1.807) is 4.90 Å². The van der Waals surface area contributed by atoms with Gasteiger partial charge in [0.25, 0.3) is 5.91 Å². The highest BCUT2D eigenvalue weighted by molar-refractivity contribution is 6.53. The average Bonchev–Trinajstić information content (AvgIpc) is 2.33. The van der Waals surface area contributed by atoms with Crippen molar-refractivity contribution in [3.8, 4) is 0 Å². The maximum Gasteiger partial charge on any atom is 0.258 e. The van der Waals surface area contributed by atoms with E-state index < -0.39 is 10.6 Å². The highest BCUT2D eigenvalue weighted by Gasteiger charge is 2.48. The van der Waals surface area contributed by atoms with E-state index in [1.165, 1.54) is 6.42 Å². The summed E-state index contributed by atoms with van der Waals surface area (Å²) >= 11 is 11.5. The van der Waals surface area contributed by atoms with Gasteiger partial charge in [0, 0.05) is 12.5 Å². The number of hydrogen-bond acceptors (Lipinski definition) is 2. The summed E-state index contributed by atoms with van der Waals surface area (Å²) in [7, 11) is 0. The highest BCUT2D eigenvalue weighted by Crippen LogP contribution is 2.42. The smallest absolute Gasteiger partial charge is 0.258 e. The third-order valence-electron chi connectivity index (χ3n) is 3.98. The van der Waals surface area contributed by atoms with E-state index in [0.29, 0.717) is 12.5 Å². The van der Waals surface area contributed by atoms with Crippen molar-refractivity contribution in [2.75, 3.05) is 13.2 Å². The van der Waals surface area contributed by atoms with Gasteiger partial charge in [-0.3, -0.25) is 4.79 Å². The minimum atomic E-state index is -0.984. The zero-order valence-electron chi connectivity index (χ0n) is 10.1. The fraction of sp³-hybridized carbons (Fsp3) is 0.917. The zero-order chi connectivity index (χ0) is 12.5. The van der Waals surface area contributed by atoms with Gasteiger partial charge < -0.3 is 9.64 Å². The minimum Gasteiger partial charge on any atom is -0.355 e. The van der Waals surface area contributed by atoms with Crippen molar-refractivity contribution in [2.45, 2.75) is 49.6 Å². The van der Waals surface area contributed by atoms with Crippen LogP contribution in [0.5, 0.6) is 0 Å². The van der Waals surface area contributed by atoms with E-state index in [4.69, 9.17) is 27.9 Å². The Bertz CT molecular complexity index is 292. The quantitative estimate of drug-likeness (QED) is 0.691. The van der Waals surface area contributed by atoms with Gasteiger partial charge in [-0.05, 0) is 25.7 Å². The van der Waals surface area contributed by atoms with E-state index in [2.05, 4.69) is 6.92 Å². The molecule has 5 heteroatoms. The molecule has 0 aromatic rings. The normalized spacial score (nSPS) is 34.4. The number of halogens is 2. The van der Waals surface area contributed by atoms with Gasteiger partial charge in [-0.25, -0.2) is 0 Å². The van der Waals surface area contributed by atoms with E-state index in [-0.39, 0.29) is 5.91 Å². The lowest BCUT2D eigenvalue weighted by Gasteiger charge is -2.52. The largest absolute Gasteiger partial charge is 0.355 e. The topological polar surface area (TPSA) is 29.5 Å². The number of carbonyl (C=O) groups excluding carboxylic acids is 1. The van der Waals surface area contributed by atoms with Crippen LogP contribution in [0.1, 0.15) is 39.0 Å². The monoisotopic (exact) mass is 279 g/mol. The first-order valence-corrected chi connectivity index (χ1v) is 7.19. The summed E-state index contributed by atoms with van der Waals surface area (Å²) in [5.41, 5.74) is -0.449. The number of nitrogens with zero attached hydrogens (tertiary/aromatic N) is 1. The molecule has 2 aliphatic rings. The minimum absolute atomic E-state index is 0.207. The molecule has 1 spiro atoms. The molecule has 0 aromatic heterocycles. The van der Waals surface area contributed by atoms with Gasteiger partial charge in [-0.1, -0.05) is 36.5 Å². The Morgan fingerprint density at radius 3 is 2.82 bits per heavy atom. The Kier molecular flexibility index (Phi) is 4.22. The molecule has 1 aliphatic carbocycles. The molecule has 2 unspecified atom stereocenters. The Morgan fingerprint density at radius 1 is 1.41 bits per heavy atom. The lowest BCUT2D eigenvalue weighted by molar-refractivity contribution is -0.225. The average molecular weight is 280 g/mol. The van der Waals surface area contributed by atoms with Crippen LogP contribution < -0.4 is 0 Å². The summed E-state index contributed by atoms with van der Waals surface area (Å²) in [6.45, 7) is 3.59. The Labute approximate surface area is 112 Å². The van der Waals surface area contributed by atoms with Crippen molar-refractivity contribution in [1.82, 2.24) is 4.90 Å². The standard InChI is InChI=1S/C12H19Cl2NO2/c1-9-5-2-3-6-12(9)15(7-4-8-17-12)11(16)10(13)14/h9-10H,2-8H2,1H3. The Hall–Kier alpha value is 0.01000. The van der Waals surface area contributed by atoms with Gasteiger partial charge in [0.2, 0.25) is 0 Å². The van der Waals surface area contributed by atoms with Gasteiger partial charge in [0.1, 0.15) is 5.72 Å². The van der Waals surface area contributed by atoms with Crippen LogP contribution in [-0.4, -0.2) is 34.5 Å². The second-order valence-corrected chi connectivity index (χ2v) is 6.08. The molecule has 0 bridgehead atoms. The van der Waals surface area contributed by atoms with E-state index >= 15 is 0 Å². The molecule has 0 N–H and O–H groups in total. The summed E-state index contributed by atoms with van der Waals surface area (Å²) in [6.07, 6.45) is 5.17. The molecule has 2 atom stereocenters. The Balaban J connectivity index is 2.24. The second kappa shape index (κ2) is 5.33. The Morgan fingerprint density at radius 2 is 2.18 bits per heavy atom. The van der Waals surface area contributed by atoms with Crippen LogP contribution in [0.25, 0.3) is 0 Å². The van der Waals surface area contributed by atoms with Gasteiger partial charge in [-0.15, -0.1) is 0 Å². The first-order chi connectivity index (χ1) is 8.08. The van der Waals surface area contributed by atoms with E-state index in [9.17, 15) is 4.79 Å².